The number of aliphatic hydroxyl groups excluding tert-OH is 1. The molecular formula is C35H53N7O7. The lowest BCUT2D eigenvalue weighted by Gasteiger charge is -2.35. The predicted molar refractivity (Wildman–Crippen MR) is 183 cm³/mol. The summed E-state index contributed by atoms with van der Waals surface area (Å²) in [5, 5.41) is 17.5. The van der Waals surface area contributed by atoms with Gasteiger partial charge < -0.3 is 42.3 Å². The van der Waals surface area contributed by atoms with E-state index >= 15 is 0 Å². The number of nitrogens with one attached hydrogen (secondary N) is 3. The third-order valence-electron chi connectivity index (χ3n) is 9.24. The molecule has 0 bridgehead atoms. The molecule has 0 saturated carbocycles. The number of carbonyl (C=O) groups excluding carboxylic acids is 6. The third kappa shape index (κ3) is 10.3. The highest BCUT2D eigenvalue weighted by atomic mass is 16.3. The van der Waals surface area contributed by atoms with E-state index in [9.17, 15) is 33.9 Å². The Hall–Kier alpha value is -4.30. The fourth-order valence-corrected chi connectivity index (χ4v) is 6.29. The second-order valence-electron chi connectivity index (χ2n) is 13.6. The summed E-state index contributed by atoms with van der Waals surface area (Å²) < 4.78 is 0. The topological polar surface area (TPSA) is 217 Å². The Balaban J connectivity index is 1.82. The molecule has 1 fully saturated rings. The number of rotatable bonds is 15. The predicted octanol–water partition coefficient (Wildman–Crippen LogP) is -0.271. The molecule has 2 aliphatic heterocycles. The van der Waals surface area contributed by atoms with E-state index in [1.807, 2.05) is 30.3 Å². The summed E-state index contributed by atoms with van der Waals surface area (Å²) in [6.07, 6.45) is 3.32. The molecular weight excluding hydrogens is 630 g/mol. The van der Waals surface area contributed by atoms with Crippen LogP contribution in [-0.4, -0.2) is 106 Å². The minimum atomic E-state index is -1.07. The highest BCUT2D eigenvalue weighted by Crippen LogP contribution is 2.25. The van der Waals surface area contributed by atoms with Gasteiger partial charge in [0.05, 0.1) is 6.61 Å². The van der Waals surface area contributed by atoms with E-state index < -0.39 is 66.5 Å². The lowest BCUT2D eigenvalue weighted by molar-refractivity contribution is -0.148. The summed E-state index contributed by atoms with van der Waals surface area (Å²) in [6.45, 7) is 8.84. The number of primary amides is 1. The highest BCUT2D eigenvalue weighted by molar-refractivity contribution is 5.96. The van der Waals surface area contributed by atoms with Gasteiger partial charge in [-0.3, -0.25) is 28.8 Å². The molecule has 8 N–H and O–H groups in total. The monoisotopic (exact) mass is 683 g/mol. The Bertz CT molecular complexity index is 1380. The van der Waals surface area contributed by atoms with E-state index in [0.717, 1.165) is 11.1 Å². The molecule has 0 aromatic heterocycles. The zero-order valence-corrected chi connectivity index (χ0v) is 29.2. The first kappa shape index (κ1) is 39.1. The van der Waals surface area contributed by atoms with Crippen molar-refractivity contribution in [3.63, 3.8) is 0 Å². The van der Waals surface area contributed by atoms with Crippen molar-refractivity contribution in [2.45, 2.75) is 103 Å². The number of amides is 6. The van der Waals surface area contributed by atoms with Crippen molar-refractivity contribution in [2.75, 3.05) is 19.7 Å². The first-order valence-corrected chi connectivity index (χ1v) is 17.1. The summed E-state index contributed by atoms with van der Waals surface area (Å²) in [5.74, 6) is -3.43. The maximum atomic E-state index is 14.4. The van der Waals surface area contributed by atoms with E-state index in [0.29, 0.717) is 25.8 Å². The van der Waals surface area contributed by atoms with Crippen LogP contribution in [0.5, 0.6) is 0 Å². The van der Waals surface area contributed by atoms with Crippen molar-refractivity contribution in [1.29, 1.82) is 0 Å². The maximum absolute atomic E-state index is 14.4. The van der Waals surface area contributed by atoms with Gasteiger partial charge in [0.2, 0.25) is 35.4 Å². The Kier molecular flexibility index (Phi) is 14.3. The highest BCUT2D eigenvalue weighted by Gasteiger charge is 2.42. The fraction of sp³-hybridized carbons (Fsp3) is 0.600. The zero-order chi connectivity index (χ0) is 36.4. The van der Waals surface area contributed by atoms with Gasteiger partial charge in [-0.15, -0.1) is 0 Å². The fourth-order valence-electron chi connectivity index (χ4n) is 6.29. The number of hydrogen-bond acceptors (Lipinski definition) is 8. The van der Waals surface area contributed by atoms with Crippen LogP contribution in [-0.2, 0) is 35.2 Å². The molecule has 14 heteroatoms. The van der Waals surface area contributed by atoms with E-state index in [1.54, 1.807) is 45.6 Å². The van der Waals surface area contributed by atoms with Crippen LogP contribution in [0.2, 0.25) is 0 Å². The van der Waals surface area contributed by atoms with Gasteiger partial charge >= 0.3 is 0 Å². The number of nitrogens with zero attached hydrogens (tertiary/aromatic N) is 2. The average Bonchev–Trinajstić information content (AvgIpc) is 3.48. The van der Waals surface area contributed by atoms with Crippen molar-refractivity contribution < 1.29 is 33.9 Å². The molecule has 0 aliphatic carbocycles. The number of benzene rings is 1. The number of hydrogen-bond donors (Lipinski definition) is 6. The van der Waals surface area contributed by atoms with Crippen LogP contribution in [0.3, 0.4) is 0 Å². The van der Waals surface area contributed by atoms with Crippen molar-refractivity contribution >= 4 is 35.4 Å². The number of nitrogens with two attached hydrogens (primary N) is 2. The molecule has 2 heterocycles. The van der Waals surface area contributed by atoms with E-state index in [-0.39, 0.29) is 43.0 Å². The summed E-state index contributed by atoms with van der Waals surface area (Å²) in [4.78, 5) is 82.3. The number of likely N-dealkylation sites (tertiary alicyclic amines) is 1. The molecule has 1 saturated heterocycles. The van der Waals surface area contributed by atoms with E-state index in [1.165, 1.54) is 4.90 Å². The standard InChI is InChI=1S/C35H53N7O7/c1-20(2)29(31(37)45)39-34(48)30(21(3)4)40-33(47)26-12-9-16-42(26)35(49)27(18-23-10-7-6-8-11-23)41-17-15-24(13-14-28(41)44)22(5)38-32(46)25(36)19-43/h6-8,10-11,13,20-22,25-27,29-30,43H,9,12,14-19,36H2,1-5H3,(H2,37,45)(H,38,46)(H,39,48)(H,40,47)/t22-,25+,26+,27+,29+,30+/m1/s1. The molecule has 0 unspecified atom stereocenters. The molecule has 6 amide bonds. The molecule has 0 spiro atoms. The summed E-state index contributed by atoms with van der Waals surface area (Å²) in [7, 11) is 0. The third-order valence-corrected chi connectivity index (χ3v) is 9.24. The van der Waals surface area contributed by atoms with Crippen LogP contribution < -0.4 is 27.4 Å². The minimum absolute atomic E-state index is 0.0118. The first-order valence-electron chi connectivity index (χ1n) is 17.1. The first-order chi connectivity index (χ1) is 23.2. The summed E-state index contributed by atoms with van der Waals surface area (Å²) in [6, 6.07) is 4.16. The maximum Gasteiger partial charge on any atom is 0.246 e. The van der Waals surface area contributed by atoms with Crippen molar-refractivity contribution in [3.8, 4) is 0 Å². The molecule has 3 rings (SSSR count). The molecule has 2 aliphatic rings. The van der Waals surface area contributed by atoms with Crippen molar-refractivity contribution in [2.24, 2.45) is 23.3 Å². The second kappa shape index (κ2) is 17.9. The Labute approximate surface area is 288 Å². The van der Waals surface area contributed by atoms with Gasteiger partial charge in [-0.25, -0.2) is 0 Å². The smallest absolute Gasteiger partial charge is 0.246 e. The van der Waals surface area contributed by atoms with Gasteiger partial charge in [-0.1, -0.05) is 64.1 Å². The second-order valence-corrected chi connectivity index (χ2v) is 13.6. The van der Waals surface area contributed by atoms with Gasteiger partial charge in [-0.05, 0) is 49.2 Å². The lowest BCUT2D eigenvalue weighted by Crippen LogP contribution is -2.59. The molecule has 1 aromatic rings. The van der Waals surface area contributed by atoms with Gasteiger partial charge in [0, 0.05) is 32.0 Å². The molecule has 14 nitrogen and oxygen atoms in total. The minimum Gasteiger partial charge on any atom is -0.394 e. The van der Waals surface area contributed by atoms with E-state index in [2.05, 4.69) is 16.0 Å². The zero-order valence-electron chi connectivity index (χ0n) is 29.2. The quantitative estimate of drug-likeness (QED) is 0.135. The van der Waals surface area contributed by atoms with Crippen molar-refractivity contribution in [1.82, 2.24) is 25.8 Å². The molecule has 270 valence electrons. The van der Waals surface area contributed by atoms with Gasteiger partial charge in [0.15, 0.2) is 0 Å². The van der Waals surface area contributed by atoms with Crippen LogP contribution in [0.4, 0.5) is 0 Å². The van der Waals surface area contributed by atoms with Gasteiger partial charge in [0.1, 0.15) is 30.2 Å². The Morgan fingerprint density at radius 3 is 2.16 bits per heavy atom. The van der Waals surface area contributed by atoms with Crippen molar-refractivity contribution in [3.05, 3.63) is 47.5 Å². The molecule has 49 heavy (non-hydrogen) atoms. The lowest BCUT2D eigenvalue weighted by atomic mass is 9.99. The summed E-state index contributed by atoms with van der Waals surface area (Å²) in [5.41, 5.74) is 12.8. The SMILES string of the molecule is CC(C)[C@H](NC(=O)[C@@H](NC(=O)[C@@H]1CCCN1C(=O)[C@H](Cc1ccccc1)N1CCC([C@@H](C)NC(=O)[C@@H](N)CO)=CCC1=O)C(C)C)C(N)=O. The summed E-state index contributed by atoms with van der Waals surface area (Å²) >= 11 is 0. The Morgan fingerprint density at radius 2 is 1.57 bits per heavy atom. The number of carbonyl (C=O) groups is 6. The van der Waals surface area contributed by atoms with Gasteiger partial charge in [0.25, 0.3) is 0 Å². The molecule has 6 atom stereocenters. The van der Waals surface area contributed by atoms with Crippen LogP contribution in [0, 0.1) is 11.8 Å². The molecule has 0 radical (unpaired) electrons. The van der Waals surface area contributed by atoms with Crippen LogP contribution in [0.1, 0.15) is 65.9 Å². The molecule has 1 aromatic carbocycles. The van der Waals surface area contributed by atoms with E-state index in [4.69, 9.17) is 11.5 Å². The Morgan fingerprint density at radius 1 is 0.918 bits per heavy atom. The van der Waals surface area contributed by atoms with Crippen LogP contribution in [0.15, 0.2) is 42.0 Å². The largest absolute Gasteiger partial charge is 0.394 e. The average molecular weight is 684 g/mol. The number of aliphatic hydroxyl groups is 1. The van der Waals surface area contributed by atoms with Gasteiger partial charge in [-0.2, -0.15) is 0 Å². The normalized spacial score (nSPS) is 19.7. The van der Waals surface area contributed by atoms with Crippen LogP contribution >= 0.6 is 0 Å². The van der Waals surface area contributed by atoms with Crippen LogP contribution in [0.25, 0.3) is 0 Å².